The largest absolute Gasteiger partial charge is 0.494 e. The Hall–Kier alpha value is -2.01. The predicted molar refractivity (Wildman–Crippen MR) is 103 cm³/mol. The molecule has 24 heavy (non-hydrogen) atoms. The van der Waals surface area contributed by atoms with Gasteiger partial charge < -0.3 is 15.4 Å². The van der Waals surface area contributed by atoms with Crippen molar-refractivity contribution in [2.45, 2.75) is 20.3 Å². The molecule has 2 rings (SSSR count). The fraction of sp³-hybridized carbons (Fsp3) is 0.316. The molecule has 2 N–H and O–H groups in total. The van der Waals surface area contributed by atoms with E-state index in [0.717, 1.165) is 28.0 Å². The van der Waals surface area contributed by atoms with E-state index in [9.17, 15) is 4.79 Å². The third-order valence-electron chi connectivity index (χ3n) is 3.38. The van der Waals surface area contributed by atoms with Crippen LogP contribution in [0.4, 0.5) is 11.4 Å². The van der Waals surface area contributed by atoms with Gasteiger partial charge in [0.15, 0.2) is 0 Å². The van der Waals surface area contributed by atoms with Crippen molar-refractivity contribution in [1.82, 2.24) is 0 Å². The number of ether oxygens (including phenoxy) is 1. The van der Waals surface area contributed by atoms with Crippen LogP contribution in [0.15, 0.2) is 53.0 Å². The number of hydrogen-bond acceptors (Lipinski definition) is 3. The highest BCUT2D eigenvalue weighted by Gasteiger charge is 2.03. The summed E-state index contributed by atoms with van der Waals surface area (Å²) in [6.07, 6.45) is 1.03. The zero-order chi connectivity index (χ0) is 17.4. The Morgan fingerprint density at radius 1 is 1.12 bits per heavy atom. The van der Waals surface area contributed by atoms with Gasteiger partial charge in [0, 0.05) is 15.8 Å². The van der Waals surface area contributed by atoms with Crippen LogP contribution in [-0.4, -0.2) is 19.1 Å². The predicted octanol–water partition coefficient (Wildman–Crippen LogP) is 4.92. The van der Waals surface area contributed by atoms with Crippen LogP contribution in [0.25, 0.3) is 0 Å². The number of anilines is 2. The van der Waals surface area contributed by atoms with Gasteiger partial charge >= 0.3 is 0 Å². The molecule has 0 heterocycles. The average molecular weight is 391 g/mol. The SMILES string of the molecule is CC(C)CCOc1ccc(NC(=O)CNc2cccc(Br)c2)cc1. The van der Waals surface area contributed by atoms with Gasteiger partial charge in [0.2, 0.25) is 5.91 Å². The quantitative estimate of drug-likeness (QED) is 0.671. The monoisotopic (exact) mass is 390 g/mol. The van der Waals surface area contributed by atoms with E-state index >= 15 is 0 Å². The lowest BCUT2D eigenvalue weighted by Gasteiger charge is -2.10. The number of nitrogens with one attached hydrogen (secondary N) is 2. The molecule has 0 saturated carbocycles. The Labute approximate surface area is 151 Å². The molecule has 0 atom stereocenters. The van der Waals surface area contributed by atoms with Gasteiger partial charge in [-0.1, -0.05) is 35.8 Å². The normalized spacial score (nSPS) is 10.5. The number of rotatable bonds is 8. The van der Waals surface area contributed by atoms with Gasteiger partial charge in [0.1, 0.15) is 5.75 Å². The molecule has 5 heteroatoms. The maximum atomic E-state index is 12.0. The third-order valence-corrected chi connectivity index (χ3v) is 3.87. The average Bonchev–Trinajstić information content (AvgIpc) is 2.54. The highest BCUT2D eigenvalue weighted by molar-refractivity contribution is 9.10. The number of halogens is 1. The van der Waals surface area contributed by atoms with E-state index in [1.165, 1.54) is 0 Å². The molecule has 0 aromatic heterocycles. The molecule has 0 spiro atoms. The molecule has 2 aromatic carbocycles. The molecule has 2 aromatic rings. The Morgan fingerprint density at radius 3 is 2.54 bits per heavy atom. The Balaban J connectivity index is 1.77. The van der Waals surface area contributed by atoms with Gasteiger partial charge in [-0.25, -0.2) is 0 Å². The lowest BCUT2D eigenvalue weighted by Crippen LogP contribution is -2.21. The summed E-state index contributed by atoms with van der Waals surface area (Å²) in [5.41, 5.74) is 1.65. The minimum Gasteiger partial charge on any atom is -0.494 e. The third kappa shape index (κ3) is 6.62. The summed E-state index contributed by atoms with van der Waals surface area (Å²) in [6, 6.07) is 15.1. The van der Waals surface area contributed by atoms with Crippen LogP contribution < -0.4 is 15.4 Å². The van der Waals surface area contributed by atoms with Crippen molar-refractivity contribution in [3.8, 4) is 5.75 Å². The van der Waals surface area contributed by atoms with Crippen LogP contribution in [0, 0.1) is 5.92 Å². The highest BCUT2D eigenvalue weighted by Crippen LogP contribution is 2.17. The zero-order valence-electron chi connectivity index (χ0n) is 14.0. The van der Waals surface area contributed by atoms with Crippen LogP contribution in [0.1, 0.15) is 20.3 Å². The van der Waals surface area contributed by atoms with E-state index < -0.39 is 0 Å². The topological polar surface area (TPSA) is 50.4 Å². The van der Waals surface area contributed by atoms with Crippen LogP contribution in [0.2, 0.25) is 0 Å². The fourth-order valence-corrected chi connectivity index (χ4v) is 2.43. The minimum absolute atomic E-state index is 0.0940. The molecule has 4 nitrogen and oxygen atoms in total. The number of amides is 1. The zero-order valence-corrected chi connectivity index (χ0v) is 15.6. The van der Waals surface area contributed by atoms with Crippen molar-refractivity contribution in [3.63, 3.8) is 0 Å². The van der Waals surface area contributed by atoms with Gasteiger partial charge in [-0.2, -0.15) is 0 Å². The van der Waals surface area contributed by atoms with E-state index in [2.05, 4.69) is 40.4 Å². The molecular weight excluding hydrogens is 368 g/mol. The lowest BCUT2D eigenvalue weighted by molar-refractivity contribution is -0.114. The summed E-state index contributed by atoms with van der Waals surface area (Å²) in [7, 11) is 0. The van der Waals surface area contributed by atoms with Crippen LogP contribution in [0.5, 0.6) is 5.75 Å². The lowest BCUT2D eigenvalue weighted by atomic mass is 10.1. The summed E-state index contributed by atoms with van der Waals surface area (Å²) >= 11 is 3.40. The maximum Gasteiger partial charge on any atom is 0.243 e. The van der Waals surface area contributed by atoms with Crippen LogP contribution in [-0.2, 0) is 4.79 Å². The summed E-state index contributed by atoms with van der Waals surface area (Å²) in [4.78, 5) is 12.0. The van der Waals surface area contributed by atoms with Crippen molar-refractivity contribution in [3.05, 3.63) is 53.0 Å². The second-order valence-corrected chi connectivity index (χ2v) is 6.88. The molecule has 0 aliphatic heterocycles. The minimum atomic E-state index is -0.0940. The Kier molecular flexibility index (Phi) is 7.12. The Bertz CT molecular complexity index is 657. The van der Waals surface area contributed by atoms with Crippen LogP contribution in [0.3, 0.4) is 0 Å². The summed E-state index contributed by atoms with van der Waals surface area (Å²) in [5, 5.41) is 5.95. The van der Waals surface area contributed by atoms with E-state index in [4.69, 9.17) is 4.74 Å². The number of carbonyl (C=O) groups is 1. The van der Waals surface area contributed by atoms with Crippen molar-refractivity contribution in [1.29, 1.82) is 0 Å². The molecule has 0 aliphatic carbocycles. The van der Waals surface area contributed by atoms with E-state index in [-0.39, 0.29) is 12.5 Å². The molecule has 0 fully saturated rings. The van der Waals surface area contributed by atoms with Crippen molar-refractivity contribution < 1.29 is 9.53 Å². The molecule has 0 saturated heterocycles. The second kappa shape index (κ2) is 9.33. The molecule has 0 aliphatic rings. The standard InChI is InChI=1S/C19H23BrN2O2/c1-14(2)10-11-24-18-8-6-16(7-9-18)22-19(23)13-21-17-5-3-4-15(20)12-17/h3-9,12,14,21H,10-11,13H2,1-2H3,(H,22,23). The van der Waals surface area contributed by atoms with Crippen molar-refractivity contribution in [2.75, 3.05) is 23.8 Å². The summed E-state index contributed by atoms with van der Waals surface area (Å²) in [6.45, 7) is 5.26. The van der Waals surface area contributed by atoms with E-state index in [1.807, 2.05) is 48.5 Å². The van der Waals surface area contributed by atoms with Gasteiger partial charge in [0.05, 0.1) is 13.2 Å². The van der Waals surface area contributed by atoms with Gasteiger partial charge in [-0.3, -0.25) is 4.79 Å². The first-order valence-electron chi connectivity index (χ1n) is 8.05. The molecule has 0 unspecified atom stereocenters. The van der Waals surface area contributed by atoms with Gasteiger partial charge in [-0.15, -0.1) is 0 Å². The number of hydrogen-bond donors (Lipinski definition) is 2. The van der Waals surface area contributed by atoms with E-state index in [0.29, 0.717) is 12.5 Å². The smallest absolute Gasteiger partial charge is 0.243 e. The first kappa shape index (κ1) is 18.3. The molecule has 0 radical (unpaired) electrons. The van der Waals surface area contributed by atoms with Crippen LogP contribution >= 0.6 is 15.9 Å². The van der Waals surface area contributed by atoms with E-state index in [1.54, 1.807) is 0 Å². The highest BCUT2D eigenvalue weighted by atomic mass is 79.9. The number of carbonyl (C=O) groups excluding carboxylic acids is 1. The Morgan fingerprint density at radius 2 is 1.88 bits per heavy atom. The van der Waals surface area contributed by atoms with Gasteiger partial charge in [-0.05, 0) is 54.8 Å². The molecule has 128 valence electrons. The van der Waals surface area contributed by atoms with Crippen molar-refractivity contribution in [2.24, 2.45) is 5.92 Å². The summed E-state index contributed by atoms with van der Waals surface area (Å²) < 4.78 is 6.64. The molecule has 0 bridgehead atoms. The first-order chi connectivity index (χ1) is 11.5. The fourth-order valence-electron chi connectivity index (χ4n) is 2.03. The molecular formula is C19H23BrN2O2. The summed E-state index contributed by atoms with van der Waals surface area (Å²) in [5.74, 6) is 1.35. The number of benzene rings is 2. The molecule has 1 amide bonds. The van der Waals surface area contributed by atoms with Crippen molar-refractivity contribution >= 4 is 33.2 Å². The van der Waals surface area contributed by atoms with Gasteiger partial charge in [0.25, 0.3) is 0 Å². The maximum absolute atomic E-state index is 12.0. The second-order valence-electron chi connectivity index (χ2n) is 5.97. The first-order valence-corrected chi connectivity index (χ1v) is 8.84.